The highest BCUT2D eigenvalue weighted by molar-refractivity contribution is 8.26. The topological polar surface area (TPSA) is 64.3 Å². The van der Waals surface area contributed by atoms with Gasteiger partial charge in [-0.3, -0.25) is 0 Å². The van der Waals surface area contributed by atoms with Crippen molar-refractivity contribution >= 4 is 47.9 Å². The molecule has 0 spiro atoms. The minimum absolute atomic E-state index is 0.194. The Morgan fingerprint density at radius 1 is 1.41 bits per heavy atom. The van der Waals surface area contributed by atoms with E-state index in [0.717, 1.165) is 31.4 Å². The van der Waals surface area contributed by atoms with Crippen LogP contribution in [0.2, 0.25) is 5.02 Å². The quantitative estimate of drug-likeness (QED) is 0.784. The van der Waals surface area contributed by atoms with Gasteiger partial charge < -0.3 is 10.0 Å². The fraction of sp³-hybridized carbons (Fsp3) is 0.500. The van der Waals surface area contributed by atoms with Gasteiger partial charge in [0.2, 0.25) is 9.23 Å². The van der Waals surface area contributed by atoms with Crippen LogP contribution in [-0.4, -0.2) is 28.5 Å². The van der Waals surface area contributed by atoms with Crippen molar-refractivity contribution in [3.63, 3.8) is 0 Å². The number of anilines is 1. The maximum absolute atomic E-state index is 9.72. The van der Waals surface area contributed by atoms with Gasteiger partial charge in [-0.2, -0.15) is 5.26 Å². The third-order valence-electron chi connectivity index (χ3n) is 3.65. The van der Waals surface area contributed by atoms with Crippen LogP contribution in [0.1, 0.15) is 31.2 Å². The van der Waals surface area contributed by atoms with Gasteiger partial charge in [0, 0.05) is 40.1 Å². The molecule has 1 saturated carbocycles. The molecule has 122 valence electrons. The van der Waals surface area contributed by atoms with Crippen molar-refractivity contribution in [3.8, 4) is 6.07 Å². The highest BCUT2D eigenvalue weighted by Crippen LogP contribution is 2.29. The maximum atomic E-state index is 9.72. The highest BCUT2D eigenvalue weighted by Gasteiger charge is 2.23. The summed E-state index contributed by atoms with van der Waals surface area (Å²) in [5.74, 6) is 0. The summed E-state index contributed by atoms with van der Waals surface area (Å²) in [5, 5.41) is 19.1. The SMILES string of the molecule is CN(c1ccc(C#N)c(Cl)c1)C1CCCC(O)C1.O=S(Cl)Cl. The molecule has 8 heteroatoms. The van der Waals surface area contributed by atoms with Crippen LogP contribution in [0.4, 0.5) is 5.69 Å². The Hall–Kier alpha value is -0.510. The lowest BCUT2D eigenvalue weighted by atomic mass is 9.92. The first kappa shape index (κ1) is 19.5. The second kappa shape index (κ2) is 9.59. The fourth-order valence-corrected chi connectivity index (χ4v) is 2.73. The van der Waals surface area contributed by atoms with Gasteiger partial charge in [-0.15, -0.1) is 0 Å². The van der Waals surface area contributed by atoms with E-state index in [0.29, 0.717) is 16.6 Å². The van der Waals surface area contributed by atoms with Gasteiger partial charge in [-0.1, -0.05) is 11.6 Å². The van der Waals surface area contributed by atoms with Crippen LogP contribution in [0, 0.1) is 11.3 Å². The predicted octanol–water partition coefficient (Wildman–Crippen LogP) is 3.99. The van der Waals surface area contributed by atoms with E-state index in [1.165, 1.54) is 0 Å². The summed E-state index contributed by atoms with van der Waals surface area (Å²) in [4.78, 5) is 2.15. The lowest BCUT2D eigenvalue weighted by Gasteiger charge is -2.35. The van der Waals surface area contributed by atoms with Crippen LogP contribution in [0.3, 0.4) is 0 Å². The van der Waals surface area contributed by atoms with Crippen molar-refractivity contribution in [1.82, 2.24) is 0 Å². The normalized spacial score (nSPS) is 20.8. The third kappa shape index (κ3) is 6.31. The Balaban J connectivity index is 0.000000541. The predicted molar refractivity (Wildman–Crippen MR) is 92.7 cm³/mol. The van der Waals surface area contributed by atoms with E-state index < -0.39 is 9.23 Å². The van der Waals surface area contributed by atoms with E-state index in [1.807, 2.05) is 19.2 Å². The first-order valence-corrected chi connectivity index (χ1v) is 9.88. The molecule has 0 radical (unpaired) electrons. The van der Waals surface area contributed by atoms with E-state index >= 15 is 0 Å². The number of aliphatic hydroxyl groups excluding tert-OH is 1. The summed E-state index contributed by atoms with van der Waals surface area (Å²) in [5.41, 5.74) is 1.50. The van der Waals surface area contributed by atoms with Crippen LogP contribution >= 0.6 is 33.0 Å². The van der Waals surface area contributed by atoms with Gasteiger partial charge >= 0.3 is 0 Å². The summed E-state index contributed by atoms with van der Waals surface area (Å²) >= 11 is 6.04. The summed E-state index contributed by atoms with van der Waals surface area (Å²) < 4.78 is 9.09. The van der Waals surface area contributed by atoms with Gasteiger partial charge in [0.1, 0.15) is 6.07 Å². The largest absolute Gasteiger partial charge is 0.393 e. The smallest absolute Gasteiger partial charge is 0.211 e. The zero-order valence-electron chi connectivity index (χ0n) is 12.0. The molecule has 1 aromatic rings. The van der Waals surface area contributed by atoms with Crippen molar-refractivity contribution in [2.75, 3.05) is 11.9 Å². The van der Waals surface area contributed by atoms with Gasteiger partial charge in [-0.25, -0.2) is 4.21 Å². The summed E-state index contributed by atoms with van der Waals surface area (Å²) in [7, 11) is 9.37. The molecule has 22 heavy (non-hydrogen) atoms. The summed E-state index contributed by atoms with van der Waals surface area (Å²) in [6.07, 6.45) is 3.65. The van der Waals surface area contributed by atoms with Gasteiger partial charge in [0.25, 0.3) is 0 Å². The molecule has 1 aliphatic rings. The lowest BCUT2D eigenvalue weighted by molar-refractivity contribution is 0.119. The van der Waals surface area contributed by atoms with E-state index in [2.05, 4.69) is 32.3 Å². The van der Waals surface area contributed by atoms with Crippen molar-refractivity contribution in [2.24, 2.45) is 0 Å². The first-order valence-electron chi connectivity index (χ1n) is 6.70. The molecule has 2 unspecified atom stereocenters. The Morgan fingerprint density at radius 3 is 2.55 bits per heavy atom. The van der Waals surface area contributed by atoms with Gasteiger partial charge in [0.15, 0.2) is 0 Å². The molecular weight excluding hydrogens is 367 g/mol. The zero-order valence-corrected chi connectivity index (χ0v) is 15.1. The molecule has 0 heterocycles. The van der Waals surface area contributed by atoms with E-state index in [1.54, 1.807) is 6.07 Å². The third-order valence-corrected chi connectivity index (χ3v) is 3.96. The second-order valence-corrected chi connectivity index (χ2v) is 7.98. The standard InChI is InChI=1S/C14H17ClN2O.Cl2OS/c1-17(11-3-2-4-13(18)7-11)12-6-5-10(9-16)14(15)8-12;1-4(2)3/h5-6,8,11,13,18H,2-4,7H2,1H3;. The van der Waals surface area contributed by atoms with Crippen LogP contribution in [0.25, 0.3) is 0 Å². The number of nitrogens with zero attached hydrogens (tertiary/aromatic N) is 2. The first-order chi connectivity index (χ1) is 10.3. The molecule has 1 aliphatic carbocycles. The molecule has 4 nitrogen and oxygen atoms in total. The molecule has 1 aromatic carbocycles. The second-order valence-electron chi connectivity index (χ2n) is 5.05. The van der Waals surface area contributed by atoms with Crippen molar-refractivity contribution in [2.45, 2.75) is 37.8 Å². The molecule has 0 saturated heterocycles. The zero-order chi connectivity index (χ0) is 16.7. The monoisotopic (exact) mass is 382 g/mol. The number of rotatable bonds is 2. The molecule has 0 bridgehead atoms. The summed E-state index contributed by atoms with van der Waals surface area (Å²) in [6, 6.07) is 7.87. The molecule has 0 aliphatic heterocycles. The molecule has 2 rings (SSSR count). The summed E-state index contributed by atoms with van der Waals surface area (Å²) in [6.45, 7) is 0. The minimum Gasteiger partial charge on any atom is -0.393 e. The number of hydrogen-bond acceptors (Lipinski definition) is 4. The average molecular weight is 384 g/mol. The molecule has 0 amide bonds. The number of benzene rings is 1. The van der Waals surface area contributed by atoms with Gasteiger partial charge in [-0.05, 0) is 43.9 Å². The molecular formula is C14H17Cl3N2O2S. The number of halogens is 3. The highest BCUT2D eigenvalue weighted by atomic mass is 36.0. The Morgan fingerprint density at radius 2 is 2.05 bits per heavy atom. The molecule has 2 atom stereocenters. The van der Waals surface area contributed by atoms with Crippen LogP contribution < -0.4 is 4.90 Å². The van der Waals surface area contributed by atoms with Crippen LogP contribution in [0.5, 0.6) is 0 Å². The van der Waals surface area contributed by atoms with Crippen molar-refractivity contribution < 1.29 is 9.32 Å². The minimum atomic E-state index is -1.67. The Kier molecular flexibility index (Phi) is 8.52. The van der Waals surface area contributed by atoms with E-state index in [4.69, 9.17) is 21.1 Å². The molecule has 1 fully saturated rings. The van der Waals surface area contributed by atoms with Crippen LogP contribution in [-0.2, 0) is 9.23 Å². The number of aliphatic hydroxyl groups is 1. The Bertz CT molecular complexity index is 562. The van der Waals surface area contributed by atoms with Crippen molar-refractivity contribution in [3.05, 3.63) is 28.8 Å². The van der Waals surface area contributed by atoms with Crippen molar-refractivity contribution in [1.29, 1.82) is 5.26 Å². The number of hydrogen-bond donors (Lipinski definition) is 1. The van der Waals surface area contributed by atoms with E-state index in [9.17, 15) is 5.11 Å². The maximum Gasteiger partial charge on any atom is 0.211 e. The molecule has 1 N–H and O–H groups in total. The Labute approximate surface area is 147 Å². The number of nitriles is 1. The average Bonchev–Trinajstić information content (AvgIpc) is 2.46. The molecule has 0 aromatic heterocycles. The van der Waals surface area contributed by atoms with E-state index in [-0.39, 0.29) is 6.10 Å². The lowest BCUT2D eigenvalue weighted by Crippen LogP contribution is -2.37. The fourth-order valence-electron chi connectivity index (χ4n) is 2.52. The van der Waals surface area contributed by atoms with Gasteiger partial charge in [0.05, 0.1) is 16.7 Å². The van der Waals surface area contributed by atoms with Crippen LogP contribution in [0.15, 0.2) is 18.2 Å².